The van der Waals surface area contributed by atoms with Gasteiger partial charge in [-0.15, -0.1) is 11.6 Å². The second-order valence-corrected chi connectivity index (χ2v) is 5.00. The summed E-state index contributed by atoms with van der Waals surface area (Å²) in [7, 11) is 0. The van der Waals surface area contributed by atoms with Crippen molar-refractivity contribution in [3.63, 3.8) is 0 Å². The SMILES string of the molecule is OCC(Cl)N(Cc1ccccc1)Cc1ccccc1. The molecule has 0 aliphatic heterocycles. The lowest BCUT2D eigenvalue weighted by atomic mass is 10.1. The fourth-order valence-corrected chi connectivity index (χ4v) is 2.14. The maximum absolute atomic E-state index is 9.29. The molecule has 0 aromatic heterocycles. The van der Waals surface area contributed by atoms with E-state index in [2.05, 4.69) is 29.2 Å². The summed E-state index contributed by atoms with van der Waals surface area (Å²) in [5.74, 6) is 0. The van der Waals surface area contributed by atoms with E-state index in [4.69, 9.17) is 11.6 Å². The van der Waals surface area contributed by atoms with E-state index in [-0.39, 0.29) is 12.1 Å². The number of benzene rings is 2. The summed E-state index contributed by atoms with van der Waals surface area (Å²) in [5.41, 5.74) is 2.01. The van der Waals surface area contributed by atoms with Crippen molar-refractivity contribution in [2.24, 2.45) is 0 Å². The summed E-state index contributed by atoms with van der Waals surface area (Å²) in [6, 6.07) is 20.3. The van der Waals surface area contributed by atoms with E-state index in [1.807, 2.05) is 36.4 Å². The van der Waals surface area contributed by atoms with Gasteiger partial charge in [0.2, 0.25) is 0 Å². The number of halogens is 1. The van der Waals surface area contributed by atoms with Crippen LogP contribution in [-0.4, -0.2) is 22.1 Å². The third kappa shape index (κ3) is 4.35. The number of aliphatic hydroxyl groups excluding tert-OH is 1. The van der Waals surface area contributed by atoms with Crippen LogP contribution in [0.2, 0.25) is 0 Å². The van der Waals surface area contributed by atoms with E-state index in [1.54, 1.807) is 0 Å². The van der Waals surface area contributed by atoms with Crippen molar-refractivity contribution in [3.8, 4) is 0 Å². The summed E-state index contributed by atoms with van der Waals surface area (Å²) in [4.78, 5) is 2.06. The molecule has 0 saturated heterocycles. The summed E-state index contributed by atoms with van der Waals surface area (Å²) in [6.45, 7) is 1.40. The van der Waals surface area contributed by atoms with Gasteiger partial charge in [-0.1, -0.05) is 60.7 Å². The van der Waals surface area contributed by atoms with Crippen molar-refractivity contribution < 1.29 is 5.11 Å². The van der Waals surface area contributed by atoms with Gasteiger partial charge < -0.3 is 5.11 Å². The Morgan fingerprint density at radius 2 is 1.26 bits per heavy atom. The Balaban J connectivity index is 2.08. The maximum atomic E-state index is 9.29. The predicted molar refractivity (Wildman–Crippen MR) is 78.9 cm³/mol. The second kappa shape index (κ2) is 7.29. The molecular weight excluding hydrogens is 258 g/mol. The Labute approximate surface area is 119 Å². The number of aliphatic hydroxyl groups is 1. The fraction of sp³-hybridized carbons (Fsp3) is 0.250. The highest BCUT2D eigenvalue weighted by Crippen LogP contribution is 2.15. The summed E-state index contributed by atoms with van der Waals surface area (Å²) in [6.07, 6.45) is 0. The van der Waals surface area contributed by atoms with Crippen LogP contribution in [0.15, 0.2) is 60.7 Å². The molecule has 19 heavy (non-hydrogen) atoms. The van der Waals surface area contributed by atoms with Crippen LogP contribution in [0.25, 0.3) is 0 Å². The zero-order valence-electron chi connectivity index (χ0n) is 10.7. The van der Waals surface area contributed by atoms with Crippen LogP contribution >= 0.6 is 11.6 Å². The molecule has 0 fully saturated rings. The molecule has 1 unspecified atom stereocenters. The van der Waals surface area contributed by atoms with E-state index in [0.717, 1.165) is 13.1 Å². The van der Waals surface area contributed by atoms with Crippen LogP contribution in [0.4, 0.5) is 0 Å². The Morgan fingerprint density at radius 3 is 1.63 bits per heavy atom. The van der Waals surface area contributed by atoms with Crippen LogP contribution in [0.3, 0.4) is 0 Å². The van der Waals surface area contributed by atoms with E-state index in [0.29, 0.717) is 0 Å². The molecular formula is C16H18ClNO. The summed E-state index contributed by atoms with van der Waals surface area (Å²) in [5, 5.41) is 9.29. The fourth-order valence-electron chi connectivity index (χ4n) is 2.01. The highest BCUT2D eigenvalue weighted by Gasteiger charge is 2.15. The topological polar surface area (TPSA) is 23.5 Å². The zero-order chi connectivity index (χ0) is 13.5. The van der Waals surface area contributed by atoms with Crippen LogP contribution < -0.4 is 0 Å². The summed E-state index contributed by atoms with van der Waals surface area (Å²) < 4.78 is 0. The van der Waals surface area contributed by atoms with Crippen molar-refractivity contribution in [1.29, 1.82) is 0 Å². The van der Waals surface area contributed by atoms with Gasteiger partial charge in [0.15, 0.2) is 0 Å². The molecule has 3 heteroatoms. The molecule has 2 nitrogen and oxygen atoms in total. The van der Waals surface area contributed by atoms with Gasteiger partial charge in [0.25, 0.3) is 0 Å². The van der Waals surface area contributed by atoms with Crippen molar-refractivity contribution in [2.45, 2.75) is 18.6 Å². The van der Waals surface area contributed by atoms with Gasteiger partial charge >= 0.3 is 0 Å². The van der Waals surface area contributed by atoms with Gasteiger partial charge in [0, 0.05) is 13.1 Å². The van der Waals surface area contributed by atoms with Crippen LogP contribution in [0.5, 0.6) is 0 Å². The number of alkyl halides is 1. The molecule has 0 bridgehead atoms. The highest BCUT2D eigenvalue weighted by atomic mass is 35.5. The Bertz CT molecular complexity index is 433. The van der Waals surface area contributed by atoms with Gasteiger partial charge in [0.05, 0.1) is 6.61 Å². The Hall–Kier alpha value is -1.35. The normalized spacial score (nSPS) is 12.6. The number of nitrogens with zero attached hydrogens (tertiary/aromatic N) is 1. The lowest BCUT2D eigenvalue weighted by Crippen LogP contribution is -2.32. The van der Waals surface area contributed by atoms with Crippen LogP contribution in [0, 0.1) is 0 Å². The monoisotopic (exact) mass is 275 g/mol. The molecule has 0 aliphatic rings. The molecule has 0 radical (unpaired) electrons. The number of rotatable bonds is 6. The molecule has 1 N–H and O–H groups in total. The average molecular weight is 276 g/mol. The number of hydrogen-bond donors (Lipinski definition) is 1. The van der Waals surface area contributed by atoms with Crippen molar-refractivity contribution in [1.82, 2.24) is 4.90 Å². The van der Waals surface area contributed by atoms with E-state index >= 15 is 0 Å². The third-order valence-corrected chi connectivity index (χ3v) is 3.42. The largest absolute Gasteiger partial charge is 0.393 e. The van der Waals surface area contributed by atoms with Gasteiger partial charge in [-0.3, -0.25) is 4.90 Å². The van der Waals surface area contributed by atoms with Gasteiger partial charge in [-0.2, -0.15) is 0 Å². The van der Waals surface area contributed by atoms with Crippen molar-refractivity contribution in [2.75, 3.05) is 6.61 Å². The first-order chi connectivity index (χ1) is 9.29. The smallest absolute Gasteiger partial charge is 0.109 e. The first-order valence-corrected chi connectivity index (χ1v) is 6.80. The van der Waals surface area contributed by atoms with Crippen molar-refractivity contribution >= 4 is 11.6 Å². The van der Waals surface area contributed by atoms with E-state index < -0.39 is 0 Å². The highest BCUT2D eigenvalue weighted by molar-refractivity contribution is 6.20. The minimum Gasteiger partial charge on any atom is -0.393 e. The van der Waals surface area contributed by atoms with Crippen LogP contribution in [0.1, 0.15) is 11.1 Å². The third-order valence-electron chi connectivity index (χ3n) is 3.00. The molecule has 0 aliphatic carbocycles. The Morgan fingerprint density at radius 1 is 0.842 bits per heavy atom. The van der Waals surface area contributed by atoms with Crippen molar-refractivity contribution in [3.05, 3.63) is 71.8 Å². The van der Waals surface area contributed by atoms with Crippen LogP contribution in [-0.2, 0) is 13.1 Å². The Kier molecular flexibility index (Phi) is 5.40. The second-order valence-electron chi connectivity index (χ2n) is 4.49. The molecule has 1 atom stereocenters. The van der Waals surface area contributed by atoms with Gasteiger partial charge in [-0.05, 0) is 11.1 Å². The molecule has 0 spiro atoms. The minimum absolute atomic E-state index is 0.0543. The maximum Gasteiger partial charge on any atom is 0.109 e. The molecule has 2 aromatic rings. The lowest BCUT2D eigenvalue weighted by Gasteiger charge is -2.26. The first-order valence-electron chi connectivity index (χ1n) is 6.36. The zero-order valence-corrected chi connectivity index (χ0v) is 11.5. The molecule has 0 heterocycles. The average Bonchev–Trinajstić information content (AvgIpc) is 2.48. The molecule has 100 valence electrons. The quantitative estimate of drug-likeness (QED) is 0.646. The minimum atomic E-state index is -0.375. The van der Waals surface area contributed by atoms with E-state index in [1.165, 1.54) is 11.1 Å². The summed E-state index contributed by atoms with van der Waals surface area (Å²) >= 11 is 6.21. The molecule has 0 saturated carbocycles. The molecule has 0 amide bonds. The van der Waals surface area contributed by atoms with Gasteiger partial charge in [0.1, 0.15) is 5.50 Å². The molecule has 2 rings (SSSR count). The first kappa shape index (κ1) is 14.1. The predicted octanol–water partition coefficient (Wildman–Crippen LogP) is 3.25. The molecule has 2 aromatic carbocycles. The van der Waals surface area contributed by atoms with Gasteiger partial charge in [-0.25, -0.2) is 0 Å². The van der Waals surface area contributed by atoms with E-state index in [9.17, 15) is 5.11 Å². The lowest BCUT2D eigenvalue weighted by molar-refractivity contribution is 0.159. The number of hydrogen-bond acceptors (Lipinski definition) is 2. The standard InChI is InChI=1S/C16H18ClNO/c17-16(13-19)18(11-14-7-3-1-4-8-14)12-15-9-5-2-6-10-15/h1-10,16,19H,11-13H2.